The molecule has 0 bridgehead atoms. The second-order valence-corrected chi connectivity index (χ2v) is 3.71. The van der Waals surface area contributed by atoms with E-state index in [1.165, 1.54) is 21.1 Å². The maximum atomic E-state index is 10.9. The third kappa shape index (κ3) is 7.54. The first kappa shape index (κ1) is 8.23. The van der Waals surface area contributed by atoms with Gasteiger partial charge in [0, 0.05) is 6.92 Å². The fraction of sp³-hybridized carbons (Fsp3) is 0.778. The van der Waals surface area contributed by atoms with Crippen LogP contribution in [-0.2, 0) is 14.3 Å². The van der Waals surface area contributed by atoms with E-state index in [0.29, 0.717) is 0 Å². The summed E-state index contributed by atoms with van der Waals surface area (Å²) in [6.45, 7) is -1.35. The smallest absolute Gasteiger partial charge is 0.307 e. The van der Waals surface area contributed by atoms with Gasteiger partial charge in [0.1, 0.15) is 6.50 Å². The van der Waals surface area contributed by atoms with Crippen molar-refractivity contribution >= 4 is 11.9 Å². The van der Waals surface area contributed by atoms with Crippen LogP contribution in [-0.4, -0.2) is 55.2 Å². The summed E-state index contributed by atoms with van der Waals surface area (Å²) in [6.07, 6.45) is -3.39. The van der Waals surface area contributed by atoms with Crippen LogP contribution in [0.5, 0.6) is 0 Å². The normalized spacial score (nSPS) is 19.9. The Bertz CT molecular complexity index is 309. The third-order valence-corrected chi connectivity index (χ3v) is 1.04. The molecule has 1 N–H and O–H groups in total. The summed E-state index contributed by atoms with van der Waals surface area (Å²) in [5.74, 6) is -2.29. The summed E-state index contributed by atoms with van der Waals surface area (Å²) >= 11 is 0. The molecule has 0 saturated heterocycles. The first-order valence-corrected chi connectivity index (χ1v) is 4.06. The zero-order valence-electron chi connectivity index (χ0n) is 11.8. The van der Waals surface area contributed by atoms with Gasteiger partial charge in [0.15, 0.2) is 6.08 Å². The van der Waals surface area contributed by atoms with Crippen molar-refractivity contribution in [1.29, 1.82) is 0 Å². The molecule has 5 heteroatoms. The molecule has 14 heavy (non-hydrogen) atoms. The van der Waals surface area contributed by atoms with Crippen molar-refractivity contribution in [3.8, 4) is 0 Å². The van der Waals surface area contributed by atoms with Crippen LogP contribution in [0.2, 0.25) is 0 Å². The van der Waals surface area contributed by atoms with Gasteiger partial charge in [0.05, 0.1) is 31.7 Å². The number of carboxylic acid groups (broad SMARTS) is 1. The van der Waals surface area contributed by atoms with Gasteiger partial charge in [0.25, 0.3) is 0 Å². The van der Waals surface area contributed by atoms with Gasteiger partial charge in [-0.3, -0.25) is 9.59 Å². The second kappa shape index (κ2) is 4.95. The Morgan fingerprint density at radius 3 is 2.36 bits per heavy atom. The SMILES string of the molecule is [2H]C([2H])([C@@]([2H])(CC(=O)O)OC(C)=O)[N+](C)(C)C. The van der Waals surface area contributed by atoms with Gasteiger partial charge < -0.3 is 14.3 Å². The summed E-state index contributed by atoms with van der Waals surface area (Å²) in [5, 5.41) is 8.71. The van der Waals surface area contributed by atoms with Crippen LogP contribution in [0.4, 0.5) is 0 Å². The number of hydrogen-bond acceptors (Lipinski definition) is 3. The van der Waals surface area contributed by atoms with Crippen molar-refractivity contribution in [2.45, 2.75) is 19.4 Å². The minimum Gasteiger partial charge on any atom is -0.481 e. The fourth-order valence-corrected chi connectivity index (χ4v) is 0.783. The minimum absolute atomic E-state index is 0.364. The van der Waals surface area contributed by atoms with E-state index in [9.17, 15) is 9.59 Å². The molecule has 0 aromatic rings. The van der Waals surface area contributed by atoms with Gasteiger partial charge in [-0.1, -0.05) is 0 Å². The Kier molecular flexibility index (Phi) is 2.91. The Morgan fingerprint density at radius 2 is 2.07 bits per heavy atom. The first-order valence-electron chi connectivity index (χ1n) is 5.56. The summed E-state index contributed by atoms with van der Waals surface area (Å²) in [7, 11) is 4.36. The highest BCUT2D eigenvalue weighted by atomic mass is 16.5. The summed E-state index contributed by atoms with van der Waals surface area (Å²) in [6, 6.07) is 0. The molecule has 0 amide bonds. The number of esters is 1. The standard InChI is InChI=1S/C9H17NO4/c1-7(11)14-8(5-9(12)13)6-10(2,3)4/h8H,5-6H2,1-4H3/p+1/t8-/m1/s1/i6D2,8D. The fourth-order valence-electron chi connectivity index (χ4n) is 0.783. The van der Waals surface area contributed by atoms with Crippen molar-refractivity contribution < 1.29 is 28.0 Å². The van der Waals surface area contributed by atoms with Crippen molar-refractivity contribution in [2.24, 2.45) is 0 Å². The molecule has 0 unspecified atom stereocenters. The Balaban J connectivity index is 5.45. The van der Waals surface area contributed by atoms with Crippen molar-refractivity contribution in [3.05, 3.63) is 0 Å². The molecule has 0 aliphatic rings. The van der Waals surface area contributed by atoms with E-state index >= 15 is 0 Å². The lowest BCUT2D eigenvalue weighted by Crippen LogP contribution is -2.43. The predicted molar refractivity (Wildman–Crippen MR) is 50.7 cm³/mol. The average Bonchev–Trinajstić information content (AvgIpc) is 1.97. The van der Waals surface area contributed by atoms with Gasteiger partial charge in [-0.25, -0.2) is 0 Å². The van der Waals surface area contributed by atoms with Crippen LogP contribution in [0.1, 0.15) is 17.5 Å². The number of rotatable bonds is 5. The number of ether oxygens (including phenoxy) is 1. The number of nitrogens with zero attached hydrogens (tertiary/aromatic N) is 1. The van der Waals surface area contributed by atoms with Gasteiger partial charge in [-0.05, 0) is 0 Å². The third-order valence-electron chi connectivity index (χ3n) is 1.04. The number of hydrogen-bond donors (Lipinski definition) is 1. The topological polar surface area (TPSA) is 63.6 Å². The van der Waals surface area contributed by atoms with E-state index in [0.717, 1.165) is 6.92 Å². The van der Waals surface area contributed by atoms with E-state index in [-0.39, 0.29) is 4.48 Å². The first-order chi connectivity index (χ1) is 7.33. The molecule has 5 nitrogen and oxygen atoms in total. The largest absolute Gasteiger partial charge is 0.481 e. The van der Waals surface area contributed by atoms with E-state index in [2.05, 4.69) is 4.74 Å². The van der Waals surface area contributed by atoms with Crippen LogP contribution in [0.15, 0.2) is 0 Å². The molecule has 0 aromatic carbocycles. The highest BCUT2D eigenvalue weighted by molar-refractivity contribution is 5.69. The van der Waals surface area contributed by atoms with Crippen molar-refractivity contribution in [3.63, 3.8) is 0 Å². The van der Waals surface area contributed by atoms with E-state index in [1.54, 1.807) is 0 Å². The molecule has 0 aromatic heterocycles. The molecule has 0 aliphatic carbocycles. The predicted octanol–water partition coefficient (Wildman–Crippen LogP) is 0.0990. The monoisotopic (exact) mass is 207 g/mol. The summed E-state index contributed by atoms with van der Waals surface area (Å²) < 4.78 is 27.7. The van der Waals surface area contributed by atoms with Crippen LogP contribution in [0.25, 0.3) is 0 Å². The maximum absolute atomic E-state index is 10.9. The average molecular weight is 207 g/mol. The maximum Gasteiger partial charge on any atom is 0.307 e. The zero-order chi connectivity index (χ0) is 14.1. The minimum atomic E-state index is -2.47. The quantitative estimate of drug-likeness (QED) is 0.513. The molecular weight excluding hydrogens is 186 g/mol. The second-order valence-electron chi connectivity index (χ2n) is 3.71. The molecule has 0 aliphatic heterocycles. The molecule has 1 atom stereocenters. The summed E-state index contributed by atoms with van der Waals surface area (Å²) in [5.41, 5.74) is 0. The molecule has 82 valence electrons. The Labute approximate surface area is 88.1 Å². The lowest BCUT2D eigenvalue weighted by atomic mass is 10.2. The lowest BCUT2D eigenvalue weighted by molar-refractivity contribution is -0.873. The number of aliphatic carboxylic acids is 1. The van der Waals surface area contributed by atoms with E-state index < -0.39 is 30.9 Å². The molecule has 0 fully saturated rings. The Morgan fingerprint density at radius 1 is 1.57 bits per heavy atom. The molecule has 0 saturated carbocycles. The molecule has 0 rings (SSSR count). The van der Waals surface area contributed by atoms with Gasteiger partial charge in [-0.2, -0.15) is 0 Å². The molecular formula is C9H18NO4+. The number of likely N-dealkylation sites (N-methyl/N-ethyl adjacent to an activating group) is 1. The molecule has 0 heterocycles. The van der Waals surface area contributed by atoms with Gasteiger partial charge in [-0.15, -0.1) is 0 Å². The molecule has 0 radical (unpaired) electrons. The lowest BCUT2D eigenvalue weighted by Gasteiger charge is -2.28. The van der Waals surface area contributed by atoms with Crippen LogP contribution >= 0.6 is 0 Å². The highest BCUT2D eigenvalue weighted by Gasteiger charge is 2.23. The van der Waals surface area contributed by atoms with E-state index in [4.69, 9.17) is 9.22 Å². The zero-order valence-corrected chi connectivity index (χ0v) is 8.83. The van der Waals surface area contributed by atoms with Crippen molar-refractivity contribution in [2.75, 3.05) is 27.6 Å². The van der Waals surface area contributed by atoms with Gasteiger partial charge >= 0.3 is 11.9 Å². The highest BCUT2D eigenvalue weighted by Crippen LogP contribution is 2.04. The van der Waals surface area contributed by atoms with Crippen LogP contribution in [0.3, 0.4) is 0 Å². The number of carboxylic acids is 1. The van der Waals surface area contributed by atoms with Crippen LogP contribution < -0.4 is 0 Å². The van der Waals surface area contributed by atoms with Crippen LogP contribution in [0, 0.1) is 0 Å². The van der Waals surface area contributed by atoms with Gasteiger partial charge in [0.2, 0.25) is 0 Å². The molecule has 0 spiro atoms. The summed E-state index contributed by atoms with van der Waals surface area (Å²) in [4.78, 5) is 21.6. The number of carbonyl (C=O) groups excluding carboxylic acids is 1. The van der Waals surface area contributed by atoms with Crippen molar-refractivity contribution in [1.82, 2.24) is 0 Å². The van der Waals surface area contributed by atoms with E-state index in [1.807, 2.05) is 0 Å². The number of carbonyl (C=O) groups is 2. The number of quaternary nitrogens is 1. The Hall–Kier alpha value is -1.10.